The number of carbonyl (C=O) groups excluding carboxylic acids is 2. The molecular formula is C19H22N4O3S. The minimum Gasteiger partial charge on any atom is -0.485 e. The van der Waals surface area contributed by atoms with Crippen LogP contribution in [-0.2, 0) is 11.2 Å². The lowest BCUT2D eigenvalue weighted by atomic mass is 9.89. The number of likely N-dealkylation sites (tertiary alicyclic amines) is 1. The minimum atomic E-state index is -0.461. The molecule has 1 saturated heterocycles. The van der Waals surface area contributed by atoms with Crippen LogP contribution in [0.25, 0.3) is 0 Å². The van der Waals surface area contributed by atoms with E-state index in [-0.39, 0.29) is 11.7 Å². The van der Waals surface area contributed by atoms with E-state index in [1.165, 1.54) is 11.3 Å². The molecule has 2 aliphatic rings. The van der Waals surface area contributed by atoms with Crippen LogP contribution in [0.15, 0.2) is 24.3 Å². The Morgan fingerprint density at radius 2 is 2.22 bits per heavy atom. The number of aromatic nitrogens is 2. The second-order valence-corrected chi connectivity index (χ2v) is 8.12. The van der Waals surface area contributed by atoms with Gasteiger partial charge in [-0.25, -0.2) is 0 Å². The van der Waals surface area contributed by atoms with E-state index >= 15 is 0 Å². The highest BCUT2D eigenvalue weighted by atomic mass is 32.1. The van der Waals surface area contributed by atoms with Crippen LogP contribution in [0.5, 0.6) is 5.75 Å². The molecule has 8 heteroatoms. The molecule has 1 amide bonds. The maximum absolute atomic E-state index is 12.5. The van der Waals surface area contributed by atoms with Crippen LogP contribution in [0, 0.1) is 0 Å². The summed E-state index contributed by atoms with van der Waals surface area (Å²) in [5.74, 6) is 0.747. The predicted octanol–water partition coefficient (Wildman–Crippen LogP) is 2.54. The summed E-state index contributed by atoms with van der Waals surface area (Å²) in [4.78, 5) is 26.8. The zero-order valence-corrected chi connectivity index (χ0v) is 16.1. The number of amides is 1. The molecule has 27 heavy (non-hydrogen) atoms. The van der Waals surface area contributed by atoms with Gasteiger partial charge >= 0.3 is 0 Å². The summed E-state index contributed by atoms with van der Waals surface area (Å²) >= 11 is 1.41. The van der Waals surface area contributed by atoms with Crippen molar-refractivity contribution in [1.82, 2.24) is 15.1 Å². The van der Waals surface area contributed by atoms with E-state index in [1.807, 2.05) is 31.2 Å². The number of Topliss-reactive ketones (excluding diaryl/α,β-unsaturated/α-hetero) is 1. The second kappa shape index (κ2) is 7.36. The van der Waals surface area contributed by atoms with Crippen molar-refractivity contribution >= 4 is 28.2 Å². The molecule has 1 N–H and O–H groups in total. The topological polar surface area (TPSA) is 84.4 Å². The smallest absolute Gasteiger partial charge is 0.227 e. The summed E-state index contributed by atoms with van der Waals surface area (Å²) in [6.07, 6.45) is 2.38. The second-order valence-electron chi connectivity index (χ2n) is 7.06. The number of anilines is 1. The molecule has 1 fully saturated rings. The summed E-state index contributed by atoms with van der Waals surface area (Å²) in [6, 6.07) is 7.43. The molecule has 1 aromatic heterocycles. The molecule has 0 radical (unpaired) electrons. The van der Waals surface area contributed by atoms with Crippen molar-refractivity contribution in [3.05, 3.63) is 34.8 Å². The van der Waals surface area contributed by atoms with Crippen LogP contribution < -0.4 is 10.1 Å². The van der Waals surface area contributed by atoms with Gasteiger partial charge in [0, 0.05) is 32.5 Å². The standard InChI is InChI=1S/C19H22N4O3S/c1-2-17-21-22-18(27-17)20-16(25)7-9-23-10-8-19(12-23)11-14(24)13-5-3-4-6-15(13)26-19/h3-6H,2,7-12H2,1H3,(H,20,22,25)/t19-/m0/s1. The molecule has 2 aromatic rings. The van der Waals surface area contributed by atoms with Crippen molar-refractivity contribution in [2.24, 2.45) is 0 Å². The van der Waals surface area contributed by atoms with E-state index in [0.717, 1.165) is 24.4 Å². The Kier molecular flexibility index (Phi) is 4.92. The van der Waals surface area contributed by atoms with Gasteiger partial charge in [-0.2, -0.15) is 0 Å². The van der Waals surface area contributed by atoms with E-state index in [1.54, 1.807) is 0 Å². The number of benzene rings is 1. The Hall–Kier alpha value is -2.32. The van der Waals surface area contributed by atoms with Gasteiger partial charge in [0.2, 0.25) is 11.0 Å². The van der Waals surface area contributed by atoms with Crippen molar-refractivity contribution in [1.29, 1.82) is 0 Å². The number of nitrogens with one attached hydrogen (secondary N) is 1. The number of carbonyl (C=O) groups is 2. The molecule has 3 heterocycles. The minimum absolute atomic E-state index is 0.0688. The summed E-state index contributed by atoms with van der Waals surface area (Å²) in [7, 11) is 0. The first kappa shape index (κ1) is 18.1. The molecule has 0 saturated carbocycles. The van der Waals surface area contributed by atoms with Gasteiger partial charge < -0.3 is 10.1 Å². The number of hydrogen-bond acceptors (Lipinski definition) is 7. The van der Waals surface area contributed by atoms with Crippen LogP contribution in [0.4, 0.5) is 5.13 Å². The normalized spacial score (nSPS) is 21.9. The largest absolute Gasteiger partial charge is 0.485 e. The molecule has 1 atom stereocenters. The number of ketones is 1. The monoisotopic (exact) mass is 386 g/mol. The van der Waals surface area contributed by atoms with Crippen LogP contribution in [0.1, 0.15) is 41.6 Å². The number of aryl methyl sites for hydroxylation is 1. The summed E-state index contributed by atoms with van der Waals surface area (Å²) < 4.78 is 6.22. The Labute approximate surface area is 161 Å². The van der Waals surface area contributed by atoms with E-state index < -0.39 is 5.60 Å². The molecule has 0 bridgehead atoms. The molecular weight excluding hydrogens is 364 g/mol. The van der Waals surface area contributed by atoms with E-state index in [9.17, 15) is 9.59 Å². The fraction of sp³-hybridized carbons (Fsp3) is 0.474. The van der Waals surface area contributed by atoms with Crippen LogP contribution >= 0.6 is 11.3 Å². The first-order valence-electron chi connectivity index (χ1n) is 9.23. The van der Waals surface area contributed by atoms with Crippen molar-refractivity contribution in [2.75, 3.05) is 25.0 Å². The molecule has 4 rings (SSSR count). The SMILES string of the molecule is CCc1nnc(NC(=O)CCN2CC[C@]3(CC(=O)c4ccccc4O3)C2)s1. The Morgan fingerprint density at radius 1 is 1.37 bits per heavy atom. The third-order valence-electron chi connectivity index (χ3n) is 5.06. The zero-order chi connectivity index (χ0) is 18.9. The van der Waals surface area contributed by atoms with Gasteiger partial charge in [-0.15, -0.1) is 10.2 Å². The van der Waals surface area contributed by atoms with Gasteiger partial charge in [0.1, 0.15) is 16.4 Å². The third kappa shape index (κ3) is 3.86. The van der Waals surface area contributed by atoms with Gasteiger partial charge in [0.05, 0.1) is 12.0 Å². The van der Waals surface area contributed by atoms with Crippen molar-refractivity contribution in [3.63, 3.8) is 0 Å². The summed E-state index contributed by atoms with van der Waals surface area (Å²) in [5.41, 5.74) is 0.210. The molecule has 0 unspecified atom stereocenters. The van der Waals surface area contributed by atoms with Crippen molar-refractivity contribution < 1.29 is 14.3 Å². The fourth-order valence-electron chi connectivity index (χ4n) is 3.68. The van der Waals surface area contributed by atoms with Crippen LogP contribution in [-0.4, -0.2) is 52.0 Å². The molecule has 142 valence electrons. The summed E-state index contributed by atoms with van der Waals surface area (Å²) in [5, 5.41) is 12.2. The van der Waals surface area contributed by atoms with Gasteiger partial charge in [0.25, 0.3) is 0 Å². The highest BCUT2D eigenvalue weighted by molar-refractivity contribution is 7.15. The highest BCUT2D eigenvalue weighted by Crippen LogP contribution is 2.38. The number of hydrogen-bond donors (Lipinski definition) is 1. The van der Waals surface area contributed by atoms with E-state index in [4.69, 9.17) is 4.74 Å². The van der Waals surface area contributed by atoms with Crippen molar-refractivity contribution in [2.45, 2.75) is 38.2 Å². The maximum atomic E-state index is 12.5. The first-order chi connectivity index (χ1) is 13.1. The first-order valence-corrected chi connectivity index (χ1v) is 10.0. The number of nitrogens with zero attached hydrogens (tertiary/aromatic N) is 3. The zero-order valence-electron chi connectivity index (χ0n) is 15.2. The summed E-state index contributed by atoms with van der Waals surface area (Å²) in [6.45, 7) is 4.12. The number of ether oxygens (including phenoxy) is 1. The van der Waals surface area contributed by atoms with Crippen LogP contribution in [0.2, 0.25) is 0 Å². The van der Waals surface area contributed by atoms with E-state index in [0.29, 0.717) is 42.4 Å². The van der Waals surface area contributed by atoms with Gasteiger partial charge in [-0.1, -0.05) is 30.4 Å². The van der Waals surface area contributed by atoms with Gasteiger partial charge in [-0.05, 0) is 18.6 Å². The molecule has 2 aliphatic heterocycles. The lowest BCUT2D eigenvalue weighted by molar-refractivity contribution is -0.116. The van der Waals surface area contributed by atoms with E-state index in [2.05, 4.69) is 20.4 Å². The quantitative estimate of drug-likeness (QED) is 0.850. The van der Waals surface area contributed by atoms with Crippen LogP contribution in [0.3, 0.4) is 0 Å². The molecule has 1 aromatic carbocycles. The molecule has 7 nitrogen and oxygen atoms in total. The van der Waals surface area contributed by atoms with Crippen molar-refractivity contribution in [3.8, 4) is 5.75 Å². The predicted molar refractivity (Wildman–Crippen MR) is 102 cm³/mol. The average Bonchev–Trinajstić information content (AvgIpc) is 3.27. The number of para-hydroxylation sites is 1. The number of fused-ring (bicyclic) bond motifs is 1. The number of rotatable bonds is 5. The maximum Gasteiger partial charge on any atom is 0.227 e. The Morgan fingerprint density at radius 3 is 3.04 bits per heavy atom. The Balaban J connectivity index is 1.31. The van der Waals surface area contributed by atoms with Gasteiger partial charge in [-0.3, -0.25) is 14.5 Å². The lowest BCUT2D eigenvalue weighted by Gasteiger charge is -2.34. The van der Waals surface area contributed by atoms with Gasteiger partial charge in [0.15, 0.2) is 5.78 Å². The highest BCUT2D eigenvalue weighted by Gasteiger charge is 2.45. The molecule has 1 spiro atoms. The average molecular weight is 386 g/mol. The molecule has 0 aliphatic carbocycles. The lowest BCUT2D eigenvalue weighted by Crippen LogP contribution is -2.44. The fourth-order valence-corrected chi connectivity index (χ4v) is 4.37. The Bertz CT molecular complexity index is 868. The third-order valence-corrected chi connectivity index (χ3v) is 6.05.